The van der Waals surface area contributed by atoms with Gasteiger partial charge in [0.15, 0.2) is 5.84 Å². The molecule has 0 atom stereocenters. The van der Waals surface area contributed by atoms with Crippen LogP contribution in [-0.2, 0) is 13.0 Å². The van der Waals surface area contributed by atoms with Crippen molar-refractivity contribution in [1.29, 1.82) is 0 Å². The van der Waals surface area contributed by atoms with E-state index in [4.69, 9.17) is 28.6 Å². The lowest BCUT2D eigenvalue weighted by Crippen LogP contribution is -2.02. The van der Waals surface area contributed by atoms with Crippen LogP contribution in [0.4, 0.5) is 0 Å². The van der Waals surface area contributed by atoms with Crippen molar-refractivity contribution >= 4 is 17.4 Å². The molecule has 0 spiro atoms. The Hall–Kier alpha value is -3.56. The highest BCUT2D eigenvalue weighted by atomic mass is 35.5. The van der Waals surface area contributed by atoms with Crippen LogP contribution in [0.3, 0.4) is 0 Å². The first-order valence-electron chi connectivity index (χ1n) is 10.1. The molecule has 1 heterocycles. The van der Waals surface area contributed by atoms with E-state index in [0.717, 1.165) is 29.7 Å². The van der Waals surface area contributed by atoms with Crippen molar-refractivity contribution in [2.75, 3.05) is 6.61 Å². The molecule has 0 bridgehead atoms. The molecular weight excluding hydrogens is 424 g/mol. The smallest absolute Gasteiger partial charge is 0.182 e. The van der Waals surface area contributed by atoms with Gasteiger partial charge in [-0.05, 0) is 43.7 Å². The summed E-state index contributed by atoms with van der Waals surface area (Å²) in [5.41, 5.74) is 3.68. The number of hydrogen-bond acceptors (Lipinski definition) is 4. The minimum absolute atomic E-state index is 0.122. The van der Waals surface area contributed by atoms with Crippen LogP contribution in [0.2, 0.25) is 5.02 Å². The number of nitrogens with two attached hydrogens (primary N) is 1. The molecule has 0 aromatic heterocycles. The molecular formula is C25H27ClN4O2. The van der Waals surface area contributed by atoms with Gasteiger partial charge in [-0.2, -0.15) is 0 Å². The first-order valence-corrected chi connectivity index (χ1v) is 10.5. The number of rotatable bonds is 5. The third-order valence-electron chi connectivity index (χ3n) is 4.62. The number of benzene rings is 2. The lowest BCUT2D eigenvalue weighted by Gasteiger charge is -2.07. The molecule has 32 heavy (non-hydrogen) atoms. The highest BCUT2D eigenvalue weighted by Gasteiger charge is 2.19. The Bertz CT molecular complexity index is 1080. The number of terminal acetylenes is 1. The lowest BCUT2D eigenvalue weighted by molar-refractivity contribution is 0.356. The fraction of sp³-hybridized carbons (Fsp3) is 0.240. The number of ether oxygens (including phenoxy) is 1. The molecule has 2 aromatic carbocycles. The standard InChI is InChI=1S/C16H15ClN4O2.C9H12/c17-12-4-5-14(22)11(8-12)9-19-16(20-21-18)13-3-1-2-10-6-7-23-15(10)13;1-4-6-7-8-9(3)5-2/h1-5,8,22H,6-7,9H2,(H2,18,19,20);1,5,7-8H,6H2,2-3H3/b;8-7-,9-5-. The van der Waals surface area contributed by atoms with Gasteiger partial charge in [0.25, 0.3) is 0 Å². The van der Waals surface area contributed by atoms with Gasteiger partial charge >= 0.3 is 0 Å². The second-order valence-electron chi connectivity index (χ2n) is 6.86. The molecule has 0 radical (unpaired) electrons. The quantitative estimate of drug-likeness (QED) is 0.115. The molecule has 1 aliphatic rings. The Labute approximate surface area is 194 Å². The number of para-hydroxylation sites is 1. The number of nitrogens with zero attached hydrogens (tertiary/aromatic N) is 3. The van der Waals surface area contributed by atoms with Gasteiger partial charge in [0, 0.05) is 23.4 Å². The third-order valence-corrected chi connectivity index (χ3v) is 4.86. The average Bonchev–Trinajstić information content (AvgIpc) is 3.28. The van der Waals surface area contributed by atoms with E-state index in [1.807, 2.05) is 50.3 Å². The van der Waals surface area contributed by atoms with Gasteiger partial charge in [0.1, 0.15) is 11.5 Å². The van der Waals surface area contributed by atoms with E-state index in [-0.39, 0.29) is 12.3 Å². The molecule has 0 fully saturated rings. The molecule has 0 aliphatic carbocycles. The Balaban J connectivity index is 0.000000344. The summed E-state index contributed by atoms with van der Waals surface area (Å²) in [6.45, 7) is 4.89. The van der Waals surface area contributed by atoms with Gasteiger partial charge in [0.05, 0.1) is 18.7 Å². The van der Waals surface area contributed by atoms with Gasteiger partial charge in [0.2, 0.25) is 0 Å². The topological polar surface area (TPSA) is 92.6 Å². The average molecular weight is 451 g/mol. The second kappa shape index (κ2) is 13.0. The molecule has 166 valence electrons. The summed E-state index contributed by atoms with van der Waals surface area (Å²) in [5.74, 6) is 8.97. The van der Waals surface area contributed by atoms with Crippen LogP contribution in [0.5, 0.6) is 11.5 Å². The molecule has 3 N–H and O–H groups in total. The molecule has 0 unspecified atom stereocenters. The fourth-order valence-corrected chi connectivity index (χ4v) is 3.06. The van der Waals surface area contributed by atoms with Gasteiger partial charge < -0.3 is 15.7 Å². The first-order chi connectivity index (χ1) is 15.5. The molecule has 0 amide bonds. The van der Waals surface area contributed by atoms with Crippen LogP contribution in [-0.4, -0.2) is 17.5 Å². The summed E-state index contributed by atoms with van der Waals surface area (Å²) >= 11 is 5.95. The minimum Gasteiger partial charge on any atom is -0.508 e. The van der Waals surface area contributed by atoms with Crippen LogP contribution in [0.25, 0.3) is 0 Å². The number of fused-ring (bicyclic) bond motifs is 1. The zero-order valence-electron chi connectivity index (χ0n) is 18.3. The van der Waals surface area contributed by atoms with Crippen LogP contribution >= 0.6 is 11.6 Å². The van der Waals surface area contributed by atoms with Crippen molar-refractivity contribution in [1.82, 2.24) is 0 Å². The number of halogens is 1. The van der Waals surface area contributed by atoms with E-state index in [9.17, 15) is 5.11 Å². The van der Waals surface area contributed by atoms with Gasteiger partial charge in [-0.3, -0.25) is 4.99 Å². The van der Waals surface area contributed by atoms with Crippen LogP contribution in [0, 0.1) is 12.3 Å². The number of aliphatic imine (C=N–C) groups is 1. The monoisotopic (exact) mass is 450 g/mol. The Kier molecular flexibility index (Phi) is 10.0. The summed E-state index contributed by atoms with van der Waals surface area (Å²) in [6.07, 6.45) is 12.7. The maximum absolute atomic E-state index is 9.87. The molecule has 2 aromatic rings. The van der Waals surface area contributed by atoms with Crippen LogP contribution in [0.1, 0.15) is 37.0 Å². The van der Waals surface area contributed by atoms with Crippen LogP contribution in [0.15, 0.2) is 75.5 Å². The SMILES string of the molecule is C#CC/C=C\C(C)=C/C.NN=NC(=NCc1cc(Cl)ccc1O)c1cccc2c1OCC2. The third kappa shape index (κ3) is 7.29. The highest BCUT2D eigenvalue weighted by molar-refractivity contribution is 6.30. The van der Waals surface area contributed by atoms with E-state index >= 15 is 0 Å². The number of hydrogen-bond donors (Lipinski definition) is 2. The van der Waals surface area contributed by atoms with Crippen LogP contribution < -0.4 is 10.6 Å². The maximum atomic E-state index is 9.87. The summed E-state index contributed by atoms with van der Waals surface area (Å²) in [7, 11) is 0. The molecule has 1 aliphatic heterocycles. The highest BCUT2D eigenvalue weighted by Crippen LogP contribution is 2.30. The van der Waals surface area contributed by atoms with E-state index in [2.05, 4.69) is 21.3 Å². The Morgan fingerprint density at radius 3 is 2.88 bits per heavy atom. The van der Waals surface area contributed by atoms with E-state index < -0.39 is 0 Å². The summed E-state index contributed by atoms with van der Waals surface area (Å²) < 4.78 is 5.66. The number of phenols is 1. The fourth-order valence-electron chi connectivity index (χ4n) is 2.87. The molecule has 7 heteroatoms. The second-order valence-corrected chi connectivity index (χ2v) is 7.30. The summed E-state index contributed by atoms with van der Waals surface area (Å²) in [5, 5.41) is 17.6. The number of phenolic OH excluding ortho intramolecular Hbond substituents is 1. The normalized spacial score (nSPS) is 13.4. The van der Waals surface area contributed by atoms with Crippen molar-refractivity contribution < 1.29 is 9.84 Å². The van der Waals surface area contributed by atoms with Crippen molar-refractivity contribution in [2.45, 2.75) is 33.2 Å². The van der Waals surface area contributed by atoms with Crippen molar-refractivity contribution in [3.05, 3.63) is 81.9 Å². The van der Waals surface area contributed by atoms with Gasteiger partial charge in [-0.25, -0.2) is 0 Å². The van der Waals surface area contributed by atoms with E-state index in [0.29, 0.717) is 23.0 Å². The predicted octanol–water partition coefficient (Wildman–Crippen LogP) is 5.79. The molecule has 3 rings (SSSR count). The zero-order chi connectivity index (χ0) is 23.3. The lowest BCUT2D eigenvalue weighted by atomic mass is 10.1. The van der Waals surface area contributed by atoms with E-state index in [1.54, 1.807) is 12.1 Å². The Morgan fingerprint density at radius 1 is 1.34 bits per heavy atom. The molecule has 0 saturated heterocycles. The zero-order valence-corrected chi connectivity index (χ0v) is 19.0. The van der Waals surface area contributed by atoms with Crippen molar-refractivity contribution in [3.63, 3.8) is 0 Å². The van der Waals surface area contributed by atoms with Crippen molar-refractivity contribution in [3.8, 4) is 23.8 Å². The maximum Gasteiger partial charge on any atom is 0.182 e. The number of amidine groups is 1. The molecule has 0 saturated carbocycles. The molecule has 6 nitrogen and oxygen atoms in total. The predicted molar refractivity (Wildman–Crippen MR) is 130 cm³/mol. The largest absolute Gasteiger partial charge is 0.508 e. The number of aromatic hydroxyl groups is 1. The Morgan fingerprint density at radius 2 is 2.16 bits per heavy atom. The summed E-state index contributed by atoms with van der Waals surface area (Å²) in [4.78, 5) is 4.41. The first kappa shape index (κ1) is 24.7. The van der Waals surface area contributed by atoms with E-state index in [1.165, 1.54) is 11.6 Å². The van der Waals surface area contributed by atoms with Gasteiger partial charge in [-0.15, -0.1) is 17.5 Å². The minimum atomic E-state index is 0.122. The number of allylic oxidation sites excluding steroid dienone is 4. The van der Waals surface area contributed by atoms with Gasteiger partial charge in [-0.1, -0.05) is 52.8 Å². The van der Waals surface area contributed by atoms with Crippen molar-refractivity contribution in [2.24, 2.45) is 21.2 Å². The summed E-state index contributed by atoms with van der Waals surface area (Å²) in [6, 6.07) is 10.6.